The molecule has 8 nitrogen and oxygen atoms in total. The smallest absolute Gasteiger partial charge is 0.255 e. The van der Waals surface area contributed by atoms with Crippen molar-refractivity contribution in [3.8, 4) is 6.07 Å². The second-order valence-corrected chi connectivity index (χ2v) is 9.76. The predicted octanol–water partition coefficient (Wildman–Crippen LogP) is 2.46. The number of aryl methyl sites for hydroxylation is 1. The van der Waals surface area contributed by atoms with Crippen LogP contribution in [0.2, 0.25) is 0 Å². The van der Waals surface area contributed by atoms with Crippen LogP contribution in [-0.4, -0.2) is 66.3 Å². The standard InChI is InChI=1S/C28H31N5O3/c29-18-21-7-1-2-10-24(21)32-16-14-31(15-17-32)13-4-3-6-20-8-5-9-22-23(20)19-33(28(22)36)25-11-12-26(34)30-27(25)35/h1-2,5,7-10,25H,3-4,6,11-17,19H2,(H,30,34,35). The molecule has 2 aromatic carbocycles. The van der Waals surface area contributed by atoms with Gasteiger partial charge < -0.3 is 9.80 Å². The molecule has 0 aromatic heterocycles. The maximum atomic E-state index is 13.0. The lowest BCUT2D eigenvalue weighted by Crippen LogP contribution is -2.52. The third-order valence-corrected chi connectivity index (χ3v) is 7.59. The van der Waals surface area contributed by atoms with Gasteiger partial charge in [0, 0.05) is 44.7 Å². The molecular weight excluding hydrogens is 454 g/mol. The number of imide groups is 1. The molecule has 5 rings (SSSR count). The Labute approximate surface area is 211 Å². The number of nitrogens with zero attached hydrogens (tertiary/aromatic N) is 4. The highest BCUT2D eigenvalue weighted by Crippen LogP contribution is 2.30. The molecule has 3 aliphatic rings. The minimum absolute atomic E-state index is 0.114. The number of fused-ring (bicyclic) bond motifs is 1. The van der Waals surface area contributed by atoms with Crippen molar-refractivity contribution in [3.05, 3.63) is 64.7 Å². The SMILES string of the molecule is N#Cc1ccccc1N1CCN(CCCCc2cccc3c2CN(C2CCC(=O)NC2=O)C3=O)CC1. The van der Waals surface area contributed by atoms with Gasteiger partial charge in [0.15, 0.2) is 0 Å². The molecule has 1 atom stereocenters. The van der Waals surface area contributed by atoms with Crippen molar-refractivity contribution >= 4 is 23.4 Å². The Hall–Kier alpha value is -3.70. The Bertz CT molecular complexity index is 1210. The van der Waals surface area contributed by atoms with Gasteiger partial charge in [-0.15, -0.1) is 0 Å². The van der Waals surface area contributed by atoms with Crippen LogP contribution in [0.3, 0.4) is 0 Å². The third kappa shape index (κ3) is 4.84. The van der Waals surface area contributed by atoms with E-state index in [1.165, 1.54) is 5.56 Å². The van der Waals surface area contributed by atoms with Gasteiger partial charge >= 0.3 is 0 Å². The van der Waals surface area contributed by atoms with Gasteiger partial charge in [-0.3, -0.25) is 24.6 Å². The second-order valence-electron chi connectivity index (χ2n) is 9.76. The van der Waals surface area contributed by atoms with E-state index in [1.807, 2.05) is 36.4 Å². The van der Waals surface area contributed by atoms with Crippen molar-refractivity contribution in [1.29, 1.82) is 5.26 Å². The van der Waals surface area contributed by atoms with Crippen LogP contribution in [0.5, 0.6) is 0 Å². The van der Waals surface area contributed by atoms with E-state index in [0.29, 0.717) is 18.5 Å². The first-order valence-electron chi connectivity index (χ1n) is 12.8. The van der Waals surface area contributed by atoms with Crippen LogP contribution in [0.1, 0.15) is 52.7 Å². The number of benzene rings is 2. The van der Waals surface area contributed by atoms with Crippen molar-refractivity contribution in [2.75, 3.05) is 37.6 Å². The van der Waals surface area contributed by atoms with Gasteiger partial charge in [-0.25, -0.2) is 0 Å². The number of para-hydroxylation sites is 1. The molecule has 2 aromatic rings. The average Bonchev–Trinajstić information content (AvgIpc) is 3.24. The van der Waals surface area contributed by atoms with Crippen molar-refractivity contribution in [2.24, 2.45) is 0 Å². The number of hydrogen-bond acceptors (Lipinski definition) is 6. The Kier molecular flexibility index (Phi) is 7.01. The summed E-state index contributed by atoms with van der Waals surface area (Å²) in [6.07, 6.45) is 3.65. The highest BCUT2D eigenvalue weighted by molar-refractivity contribution is 6.05. The number of unbranched alkanes of at least 4 members (excludes halogenated alkanes) is 1. The lowest BCUT2D eigenvalue weighted by molar-refractivity contribution is -0.136. The Morgan fingerprint density at radius 1 is 0.972 bits per heavy atom. The van der Waals surface area contributed by atoms with E-state index in [0.717, 1.165) is 68.8 Å². The van der Waals surface area contributed by atoms with Crippen molar-refractivity contribution in [2.45, 2.75) is 44.7 Å². The number of piperidine rings is 1. The number of hydrogen-bond donors (Lipinski definition) is 1. The number of rotatable bonds is 7. The average molecular weight is 486 g/mol. The highest BCUT2D eigenvalue weighted by Gasteiger charge is 2.39. The number of amides is 3. The minimum Gasteiger partial charge on any atom is -0.368 e. The molecule has 3 heterocycles. The summed E-state index contributed by atoms with van der Waals surface area (Å²) in [7, 11) is 0. The third-order valence-electron chi connectivity index (χ3n) is 7.59. The van der Waals surface area contributed by atoms with Crippen molar-refractivity contribution < 1.29 is 14.4 Å². The van der Waals surface area contributed by atoms with E-state index in [2.05, 4.69) is 27.3 Å². The fraction of sp³-hybridized carbons (Fsp3) is 0.429. The molecule has 2 fully saturated rings. The maximum Gasteiger partial charge on any atom is 0.255 e. The summed E-state index contributed by atoms with van der Waals surface area (Å²) in [4.78, 5) is 43.2. The molecule has 0 bridgehead atoms. The highest BCUT2D eigenvalue weighted by atomic mass is 16.2. The van der Waals surface area contributed by atoms with Crippen LogP contribution < -0.4 is 10.2 Å². The molecule has 36 heavy (non-hydrogen) atoms. The number of carbonyl (C=O) groups excluding carboxylic acids is 3. The van der Waals surface area contributed by atoms with Gasteiger partial charge in [-0.1, -0.05) is 24.3 Å². The maximum absolute atomic E-state index is 13.0. The van der Waals surface area contributed by atoms with Crippen LogP contribution >= 0.6 is 0 Å². The number of carbonyl (C=O) groups is 3. The van der Waals surface area contributed by atoms with Gasteiger partial charge in [0.1, 0.15) is 12.1 Å². The molecule has 3 aliphatic heterocycles. The lowest BCUT2D eigenvalue weighted by Gasteiger charge is -2.36. The van der Waals surface area contributed by atoms with Crippen molar-refractivity contribution in [3.63, 3.8) is 0 Å². The fourth-order valence-electron chi connectivity index (χ4n) is 5.59. The largest absolute Gasteiger partial charge is 0.368 e. The summed E-state index contributed by atoms with van der Waals surface area (Å²) >= 11 is 0. The number of nitriles is 1. The zero-order valence-corrected chi connectivity index (χ0v) is 20.4. The van der Waals surface area contributed by atoms with Crippen LogP contribution in [0, 0.1) is 11.3 Å². The Morgan fingerprint density at radius 2 is 1.78 bits per heavy atom. The van der Waals surface area contributed by atoms with Gasteiger partial charge in [0.2, 0.25) is 11.8 Å². The zero-order chi connectivity index (χ0) is 25.1. The molecule has 0 aliphatic carbocycles. The summed E-state index contributed by atoms with van der Waals surface area (Å²) < 4.78 is 0. The molecule has 1 unspecified atom stereocenters. The summed E-state index contributed by atoms with van der Waals surface area (Å²) in [6.45, 7) is 5.27. The van der Waals surface area contributed by atoms with Crippen molar-refractivity contribution in [1.82, 2.24) is 15.1 Å². The van der Waals surface area contributed by atoms with Crippen LogP contribution in [0.15, 0.2) is 42.5 Å². The summed E-state index contributed by atoms with van der Waals surface area (Å²) in [6, 6.07) is 15.4. The van der Waals surface area contributed by atoms with Crippen LogP contribution in [-0.2, 0) is 22.6 Å². The Balaban J connectivity index is 1.11. The first-order chi connectivity index (χ1) is 17.5. The summed E-state index contributed by atoms with van der Waals surface area (Å²) in [5, 5.41) is 11.7. The molecular formula is C28H31N5O3. The first-order valence-corrected chi connectivity index (χ1v) is 12.8. The number of anilines is 1. The molecule has 1 N–H and O–H groups in total. The molecule has 2 saturated heterocycles. The predicted molar refractivity (Wildman–Crippen MR) is 135 cm³/mol. The molecule has 8 heteroatoms. The normalized spacial score (nSPS) is 20.3. The van der Waals surface area contributed by atoms with Crippen LogP contribution in [0.25, 0.3) is 0 Å². The summed E-state index contributed by atoms with van der Waals surface area (Å²) in [5.41, 5.74) is 4.64. The minimum atomic E-state index is -0.575. The molecule has 3 amide bonds. The van der Waals surface area contributed by atoms with Crippen LogP contribution in [0.4, 0.5) is 5.69 Å². The van der Waals surface area contributed by atoms with E-state index in [1.54, 1.807) is 4.90 Å². The second kappa shape index (κ2) is 10.5. The van der Waals surface area contributed by atoms with Gasteiger partial charge in [-0.2, -0.15) is 5.26 Å². The number of nitrogens with one attached hydrogen (secondary N) is 1. The van der Waals surface area contributed by atoms with Gasteiger partial charge in [0.25, 0.3) is 5.91 Å². The van der Waals surface area contributed by atoms with E-state index in [4.69, 9.17) is 0 Å². The van der Waals surface area contributed by atoms with Gasteiger partial charge in [0.05, 0.1) is 11.3 Å². The zero-order valence-electron chi connectivity index (χ0n) is 20.4. The van der Waals surface area contributed by atoms with E-state index >= 15 is 0 Å². The van der Waals surface area contributed by atoms with E-state index in [-0.39, 0.29) is 24.1 Å². The fourth-order valence-corrected chi connectivity index (χ4v) is 5.59. The van der Waals surface area contributed by atoms with E-state index in [9.17, 15) is 19.6 Å². The Morgan fingerprint density at radius 3 is 2.56 bits per heavy atom. The molecule has 0 radical (unpaired) electrons. The van der Waals surface area contributed by atoms with Gasteiger partial charge in [-0.05, 0) is 61.6 Å². The molecule has 0 saturated carbocycles. The van der Waals surface area contributed by atoms with E-state index < -0.39 is 6.04 Å². The lowest BCUT2D eigenvalue weighted by atomic mass is 9.98. The first kappa shape index (κ1) is 24.0. The topological polar surface area (TPSA) is 96.8 Å². The molecule has 186 valence electrons. The summed E-state index contributed by atoms with van der Waals surface area (Å²) in [5.74, 6) is -0.753. The quantitative estimate of drug-likeness (QED) is 0.478. The monoisotopic (exact) mass is 485 g/mol. The number of piperazine rings is 1. The molecule has 0 spiro atoms.